The summed E-state index contributed by atoms with van der Waals surface area (Å²) < 4.78 is 0.887. The Labute approximate surface area is 78.5 Å². The summed E-state index contributed by atoms with van der Waals surface area (Å²) in [5.74, 6) is -0.0409. The van der Waals surface area contributed by atoms with E-state index < -0.39 is 0 Å². The van der Waals surface area contributed by atoms with Crippen LogP contribution in [0.25, 0.3) is 0 Å². The number of aliphatic imine (C=N–C) groups is 1. The molecule has 0 saturated carbocycles. The lowest BCUT2D eigenvalue weighted by Crippen LogP contribution is -2.18. The molecule has 1 heterocycles. The van der Waals surface area contributed by atoms with Crippen molar-refractivity contribution in [1.82, 2.24) is 0 Å². The molecular weight excluding hydrogens is 218 g/mol. The average molecular weight is 224 g/mol. The molecule has 60 valence electrons. The minimum Gasteiger partial charge on any atom is -0.267 e. The lowest BCUT2D eigenvalue weighted by atomic mass is 9.96. The van der Waals surface area contributed by atoms with Crippen LogP contribution in [-0.4, -0.2) is 11.6 Å². The zero-order valence-corrected chi connectivity index (χ0v) is 7.78. The number of carbonyl (C=O) groups is 1. The zero-order chi connectivity index (χ0) is 8.55. The van der Waals surface area contributed by atoms with Gasteiger partial charge in [0, 0.05) is 10.6 Å². The third kappa shape index (κ3) is 1.20. The van der Waals surface area contributed by atoms with E-state index in [4.69, 9.17) is 0 Å². The van der Waals surface area contributed by atoms with E-state index in [0.717, 1.165) is 10.2 Å². The van der Waals surface area contributed by atoms with Gasteiger partial charge < -0.3 is 0 Å². The summed E-state index contributed by atoms with van der Waals surface area (Å²) in [5.41, 5.74) is 0.817. The van der Waals surface area contributed by atoms with Crippen molar-refractivity contribution in [3.63, 3.8) is 0 Å². The molecule has 12 heavy (non-hydrogen) atoms. The molecule has 1 aliphatic heterocycles. The van der Waals surface area contributed by atoms with Crippen molar-refractivity contribution in [3.05, 3.63) is 34.9 Å². The monoisotopic (exact) mass is 223 g/mol. The molecular formula is C9H6BrNO. The number of hydrogen-bond donors (Lipinski definition) is 0. The summed E-state index contributed by atoms with van der Waals surface area (Å²) in [7, 11) is 0. The summed E-state index contributed by atoms with van der Waals surface area (Å²) in [5, 5.41) is 0. The van der Waals surface area contributed by atoms with Crippen molar-refractivity contribution < 1.29 is 4.79 Å². The lowest BCUT2D eigenvalue weighted by Gasteiger charge is -2.17. The van der Waals surface area contributed by atoms with Crippen LogP contribution in [0.5, 0.6) is 0 Å². The first kappa shape index (κ1) is 7.68. The van der Waals surface area contributed by atoms with Gasteiger partial charge in [-0.15, -0.1) is 0 Å². The number of halogens is 1. The lowest BCUT2D eigenvalue weighted by molar-refractivity contribution is -0.113. The maximum Gasteiger partial charge on any atom is 0.270 e. The summed E-state index contributed by atoms with van der Waals surface area (Å²) in [6.07, 6.45) is 9.21. The van der Waals surface area contributed by atoms with Crippen molar-refractivity contribution in [3.8, 4) is 0 Å². The maximum absolute atomic E-state index is 11.0. The second kappa shape index (κ2) is 2.83. The molecule has 2 aliphatic rings. The van der Waals surface area contributed by atoms with E-state index in [1.165, 1.54) is 6.08 Å². The van der Waals surface area contributed by atoms with Crippen LogP contribution in [0.1, 0.15) is 0 Å². The summed E-state index contributed by atoms with van der Waals surface area (Å²) in [4.78, 5) is 14.9. The number of carbonyl (C=O) groups excluding carboxylic acids is 1. The van der Waals surface area contributed by atoms with Gasteiger partial charge in [-0.05, 0) is 6.08 Å². The number of dihydropyridines is 1. The molecule has 2 rings (SSSR count). The molecule has 0 N–H and O–H groups in total. The Bertz CT molecular complexity index is 350. The number of hydrogen-bond acceptors (Lipinski definition) is 1. The highest BCUT2D eigenvalue weighted by atomic mass is 79.9. The fourth-order valence-electron chi connectivity index (χ4n) is 1.24. The third-order valence-corrected chi connectivity index (χ3v) is 2.52. The fraction of sp³-hybridized carbons (Fsp3) is 0.111. The van der Waals surface area contributed by atoms with Crippen LogP contribution in [0.4, 0.5) is 0 Å². The van der Waals surface area contributed by atoms with Crippen molar-refractivity contribution in [2.75, 3.05) is 0 Å². The molecule has 1 aliphatic carbocycles. The van der Waals surface area contributed by atoms with E-state index in [9.17, 15) is 4.79 Å². The van der Waals surface area contributed by atoms with Crippen molar-refractivity contribution in [2.45, 2.75) is 0 Å². The Balaban J connectivity index is 2.44. The predicted molar refractivity (Wildman–Crippen MR) is 51.2 cm³/mol. The fourth-order valence-corrected chi connectivity index (χ4v) is 1.82. The number of fused-ring (bicyclic) bond motifs is 1. The van der Waals surface area contributed by atoms with E-state index >= 15 is 0 Å². The van der Waals surface area contributed by atoms with Crippen LogP contribution in [0, 0.1) is 5.92 Å². The summed E-state index contributed by atoms with van der Waals surface area (Å²) in [6.45, 7) is 0. The topological polar surface area (TPSA) is 29.4 Å². The zero-order valence-electron chi connectivity index (χ0n) is 6.20. The molecule has 0 aromatic heterocycles. The molecule has 1 unspecified atom stereocenters. The van der Waals surface area contributed by atoms with Gasteiger partial charge in [0.2, 0.25) is 0 Å². The Morgan fingerprint density at radius 1 is 1.42 bits per heavy atom. The van der Waals surface area contributed by atoms with Gasteiger partial charge in [0.15, 0.2) is 0 Å². The molecule has 3 heteroatoms. The van der Waals surface area contributed by atoms with Gasteiger partial charge in [0.25, 0.3) is 5.91 Å². The van der Waals surface area contributed by atoms with Crippen LogP contribution in [0.2, 0.25) is 0 Å². The Hall–Kier alpha value is -0.960. The van der Waals surface area contributed by atoms with E-state index in [2.05, 4.69) is 20.9 Å². The normalized spacial score (nSPS) is 26.4. The molecule has 0 bridgehead atoms. The molecule has 1 atom stereocenters. The first-order chi connectivity index (χ1) is 5.77. The van der Waals surface area contributed by atoms with Crippen LogP contribution >= 0.6 is 15.9 Å². The van der Waals surface area contributed by atoms with Crippen LogP contribution in [0.15, 0.2) is 39.9 Å². The molecule has 0 fully saturated rings. The number of amides is 1. The van der Waals surface area contributed by atoms with Crippen molar-refractivity contribution in [1.29, 1.82) is 0 Å². The number of allylic oxidation sites excluding steroid dienone is 5. The standard InChI is InChI=1S/C9H6BrNO/c10-7-5-9(12)11-8-4-2-1-3-6(7)8/h1-6H. The smallest absolute Gasteiger partial charge is 0.267 e. The Kier molecular flexibility index (Phi) is 1.81. The van der Waals surface area contributed by atoms with E-state index in [1.54, 1.807) is 0 Å². The first-order valence-corrected chi connectivity index (χ1v) is 4.41. The van der Waals surface area contributed by atoms with Crippen molar-refractivity contribution in [2.24, 2.45) is 10.9 Å². The average Bonchev–Trinajstić information content (AvgIpc) is 2.04. The van der Waals surface area contributed by atoms with Crippen LogP contribution in [-0.2, 0) is 4.79 Å². The van der Waals surface area contributed by atoms with Gasteiger partial charge in [0.05, 0.1) is 11.6 Å². The van der Waals surface area contributed by atoms with Crippen molar-refractivity contribution >= 4 is 27.5 Å². The second-order valence-electron chi connectivity index (χ2n) is 2.63. The Morgan fingerprint density at radius 3 is 3.08 bits per heavy atom. The molecule has 0 saturated heterocycles. The van der Waals surface area contributed by atoms with E-state index in [0.29, 0.717) is 0 Å². The first-order valence-electron chi connectivity index (χ1n) is 3.62. The van der Waals surface area contributed by atoms with Gasteiger partial charge in [-0.2, -0.15) is 0 Å². The molecule has 0 spiro atoms. The van der Waals surface area contributed by atoms with Gasteiger partial charge in [-0.25, -0.2) is 4.99 Å². The van der Waals surface area contributed by atoms with Gasteiger partial charge in [-0.3, -0.25) is 4.79 Å². The van der Waals surface area contributed by atoms with Gasteiger partial charge >= 0.3 is 0 Å². The quantitative estimate of drug-likeness (QED) is 0.618. The SMILES string of the molecule is O=C1C=C(Br)C2C=CC=CC2=N1. The minimum absolute atomic E-state index is 0.146. The highest BCUT2D eigenvalue weighted by Crippen LogP contribution is 2.26. The molecule has 0 radical (unpaired) electrons. The van der Waals surface area contributed by atoms with Crippen LogP contribution in [0.3, 0.4) is 0 Å². The van der Waals surface area contributed by atoms with E-state index in [1.807, 2.05) is 24.3 Å². The Morgan fingerprint density at radius 2 is 2.25 bits per heavy atom. The largest absolute Gasteiger partial charge is 0.270 e. The number of nitrogens with zero attached hydrogens (tertiary/aromatic N) is 1. The molecule has 0 aromatic rings. The maximum atomic E-state index is 11.0. The summed E-state index contributed by atoms with van der Waals surface area (Å²) >= 11 is 3.34. The van der Waals surface area contributed by atoms with Crippen LogP contribution < -0.4 is 0 Å². The predicted octanol–water partition coefficient (Wildman–Crippen LogP) is 1.99. The highest BCUT2D eigenvalue weighted by molar-refractivity contribution is 9.11. The second-order valence-corrected chi connectivity index (χ2v) is 3.54. The third-order valence-electron chi connectivity index (χ3n) is 1.80. The summed E-state index contributed by atoms with van der Waals surface area (Å²) in [6, 6.07) is 0. The molecule has 2 nitrogen and oxygen atoms in total. The number of rotatable bonds is 0. The molecule has 0 aromatic carbocycles. The minimum atomic E-state index is -0.187. The molecule has 1 amide bonds. The van der Waals surface area contributed by atoms with E-state index in [-0.39, 0.29) is 11.8 Å². The van der Waals surface area contributed by atoms with Gasteiger partial charge in [-0.1, -0.05) is 34.2 Å². The van der Waals surface area contributed by atoms with Gasteiger partial charge in [0.1, 0.15) is 0 Å². The highest BCUT2D eigenvalue weighted by Gasteiger charge is 2.21.